The van der Waals surface area contributed by atoms with Crippen LogP contribution in [0, 0.1) is 0 Å². The van der Waals surface area contributed by atoms with E-state index in [1.807, 2.05) is 30.3 Å². The number of amides is 3. The van der Waals surface area contributed by atoms with Gasteiger partial charge in [-0.1, -0.05) is 36.8 Å². The first-order chi connectivity index (χ1) is 13.5. The van der Waals surface area contributed by atoms with Gasteiger partial charge >= 0.3 is 6.09 Å². The maximum Gasteiger partial charge on any atom is 0.407 e. The zero-order chi connectivity index (χ0) is 19.9. The van der Waals surface area contributed by atoms with E-state index in [0.717, 1.165) is 24.8 Å². The molecule has 2 fully saturated rings. The lowest BCUT2D eigenvalue weighted by Crippen LogP contribution is -2.44. The molecule has 3 rings (SSSR count). The molecular weight excluding hydrogens is 362 g/mol. The van der Waals surface area contributed by atoms with E-state index in [2.05, 4.69) is 5.32 Å². The average molecular weight is 389 g/mol. The fourth-order valence-electron chi connectivity index (χ4n) is 3.52. The number of nitrogens with one attached hydrogen (secondary N) is 1. The molecular formula is C20H27N3O5. The molecule has 152 valence electrons. The van der Waals surface area contributed by atoms with E-state index in [0.29, 0.717) is 13.0 Å². The molecule has 8 nitrogen and oxygen atoms in total. The number of ether oxygens (including phenoxy) is 1. The zero-order valence-corrected chi connectivity index (χ0v) is 15.9. The van der Waals surface area contributed by atoms with Crippen LogP contribution in [0.2, 0.25) is 0 Å². The van der Waals surface area contributed by atoms with Gasteiger partial charge in [0.15, 0.2) is 0 Å². The third-order valence-electron chi connectivity index (χ3n) is 5.16. The molecule has 0 spiro atoms. The minimum atomic E-state index is -0.868. The van der Waals surface area contributed by atoms with Gasteiger partial charge in [-0.3, -0.25) is 9.59 Å². The number of alkyl carbamates (subject to hydrolysis) is 1. The van der Waals surface area contributed by atoms with Gasteiger partial charge in [0.25, 0.3) is 0 Å². The van der Waals surface area contributed by atoms with E-state index < -0.39 is 18.2 Å². The first kappa shape index (κ1) is 20.1. The lowest BCUT2D eigenvalue weighted by molar-refractivity contribution is -0.139. The first-order valence-corrected chi connectivity index (χ1v) is 9.74. The van der Waals surface area contributed by atoms with Crippen molar-refractivity contribution in [2.45, 2.75) is 44.4 Å². The van der Waals surface area contributed by atoms with E-state index in [9.17, 15) is 19.5 Å². The highest BCUT2D eigenvalue weighted by Gasteiger charge is 2.36. The van der Waals surface area contributed by atoms with Crippen LogP contribution in [0.15, 0.2) is 30.3 Å². The molecule has 0 bridgehead atoms. The predicted octanol–water partition coefficient (Wildman–Crippen LogP) is 0.887. The lowest BCUT2D eigenvalue weighted by Gasteiger charge is -2.23. The number of carbonyl (C=O) groups is 3. The van der Waals surface area contributed by atoms with E-state index in [4.69, 9.17) is 4.74 Å². The largest absolute Gasteiger partial charge is 0.445 e. The molecule has 28 heavy (non-hydrogen) atoms. The van der Waals surface area contributed by atoms with Gasteiger partial charge in [0.2, 0.25) is 11.8 Å². The Morgan fingerprint density at radius 2 is 1.93 bits per heavy atom. The normalized spacial score (nSPS) is 22.7. The van der Waals surface area contributed by atoms with Crippen molar-refractivity contribution >= 4 is 17.9 Å². The Morgan fingerprint density at radius 1 is 1.14 bits per heavy atom. The molecule has 8 heteroatoms. The van der Waals surface area contributed by atoms with Crippen LogP contribution in [0.1, 0.15) is 31.2 Å². The number of carbonyl (C=O) groups excluding carboxylic acids is 3. The standard InChI is InChI=1S/C20H27N3O5/c24-17-12-23(19(26)13-22-10-6-2-5-9-18(22)25)11-16(17)21-20(27)28-14-15-7-3-1-4-8-15/h1,3-4,7-8,16-17,24H,2,5-6,9-14H2,(H,21,27). The number of rotatable bonds is 5. The number of aliphatic hydroxyl groups is 1. The van der Waals surface area contributed by atoms with Crippen LogP contribution >= 0.6 is 0 Å². The molecule has 2 saturated heterocycles. The van der Waals surface area contributed by atoms with Crippen molar-refractivity contribution < 1.29 is 24.2 Å². The van der Waals surface area contributed by atoms with Crippen LogP contribution < -0.4 is 5.32 Å². The Bertz CT molecular complexity index is 696. The molecule has 2 unspecified atom stereocenters. The Labute approximate surface area is 164 Å². The summed E-state index contributed by atoms with van der Waals surface area (Å²) in [6.45, 7) is 1.08. The zero-order valence-electron chi connectivity index (χ0n) is 15.9. The number of nitrogens with zero attached hydrogens (tertiary/aromatic N) is 2. The van der Waals surface area contributed by atoms with Gasteiger partial charge in [0.05, 0.1) is 18.7 Å². The van der Waals surface area contributed by atoms with Crippen molar-refractivity contribution in [1.82, 2.24) is 15.1 Å². The molecule has 1 aromatic carbocycles. The van der Waals surface area contributed by atoms with Crippen molar-refractivity contribution in [3.8, 4) is 0 Å². The van der Waals surface area contributed by atoms with Crippen LogP contribution in [-0.4, -0.2) is 71.1 Å². The monoisotopic (exact) mass is 389 g/mol. The molecule has 2 aliphatic heterocycles. The van der Waals surface area contributed by atoms with E-state index in [-0.39, 0.29) is 38.1 Å². The van der Waals surface area contributed by atoms with Gasteiger partial charge in [-0.25, -0.2) is 4.79 Å². The summed E-state index contributed by atoms with van der Waals surface area (Å²) in [6.07, 6.45) is 1.74. The Balaban J connectivity index is 1.45. The fraction of sp³-hybridized carbons (Fsp3) is 0.550. The summed E-state index contributed by atoms with van der Waals surface area (Å²) >= 11 is 0. The predicted molar refractivity (Wildman–Crippen MR) is 101 cm³/mol. The maximum absolute atomic E-state index is 12.5. The number of hydrogen-bond donors (Lipinski definition) is 2. The number of aliphatic hydroxyl groups excluding tert-OH is 1. The highest BCUT2D eigenvalue weighted by atomic mass is 16.5. The van der Waals surface area contributed by atoms with Crippen LogP contribution in [-0.2, 0) is 20.9 Å². The third-order valence-corrected chi connectivity index (χ3v) is 5.16. The minimum absolute atomic E-state index is 0.00441. The molecule has 0 saturated carbocycles. The molecule has 0 radical (unpaired) electrons. The Morgan fingerprint density at radius 3 is 2.71 bits per heavy atom. The number of benzene rings is 1. The Kier molecular flexibility index (Phi) is 6.86. The molecule has 2 atom stereocenters. The van der Waals surface area contributed by atoms with E-state index >= 15 is 0 Å². The van der Waals surface area contributed by atoms with Gasteiger partial charge in [0, 0.05) is 26.1 Å². The van der Waals surface area contributed by atoms with Crippen LogP contribution in [0.25, 0.3) is 0 Å². The second-order valence-corrected chi connectivity index (χ2v) is 7.30. The van der Waals surface area contributed by atoms with Gasteiger partial charge in [-0.05, 0) is 18.4 Å². The quantitative estimate of drug-likeness (QED) is 0.779. The van der Waals surface area contributed by atoms with E-state index in [1.54, 1.807) is 4.90 Å². The summed E-state index contributed by atoms with van der Waals surface area (Å²) < 4.78 is 5.17. The first-order valence-electron chi connectivity index (χ1n) is 9.74. The van der Waals surface area contributed by atoms with E-state index in [1.165, 1.54) is 4.90 Å². The van der Waals surface area contributed by atoms with Gasteiger partial charge in [-0.2, -0.15) is 0 Å². The highest BCUT2D eigenvalue weighted by molar-refractivity contribution is 5.85. The van der Waals surface area contributed by atoms with Crippen LogP contribution in [0.4, 0.5) is 4.79 Å². The van der Waals surface area contributed by atoms with Gasteiger partial charge in [-0.15, -0.1) is 0 Å². The van der Waals surface area contributed by atoms with Crippen molar-refractivity contribution in [3.05, 3.63) is 35.9 Å². The van der Waals surface area contributed by atoms with Crippen molar-refractivity contribution in [1.29, 1.82) is 0 Å². The topological polar surface area (TPSA) is 99.2 Å². The SMILES string of the molecule is O=C(NC1CN(C(=O)CN2CCCCCC2=O)CC1O)OCc1ccccc1. The molecule has 3 amide bonds. The molecule has 2 N–H and O–H groups in total. The average Bonchev–Trinajstić information content (AvgIpc) is 2.93. The second kappa shape index (κ2) is 9.54. The highest BCUT2D eigenvalue weighted by Crippen LogP contribution is 2.14. The van der Waals surface area contributed by atoms with Gasteiger partial charge in [0.1, 0.15) is 6.61 Å². The van der Waals surface area contributed by atoms with Crippen LogP contribution in [0.5, 0.6) is 0 Å². The Hall–Kier alpha value is -2.61. The third kappa shape index (κ3) is 5.45. The number of likely N-dealkylation sites (tertiary alicyclic amines) is 2. The molecule has 2 heterocycles. The smallest absolute Gasteiger partial charge is 0.407 e. The summed E-state index contributed by atoms with van der Waals surface area (Å²) in [7, 11) is 0. The summed E-state index contributed by atoms with van der Waals surface area (Å²) in [5, 5.41) is 12.8. The summed E-state index contributed by atoms with van der Waals surface area (Å²) in [4.78, 5) is 39.7. The number of hydrogen-bond acceptors (Lipinski definition) is 5. The van der Waals surface area contributed by atoms with Crippen molar-refractivity contribution in [2.75, 3.05) is 26.2 Å². The molecule has 0 aliphatic carbocycles. The maximum atomic E-state index is 12.5. The summed E-state index contributed by atoms with van der Waals surface area (Å²) in [5.74, 6) is -0.207. The number of β-amino-alcohol motifs (C(OH)–C–C–N with tert-alkyl or cyclic N) is 1. The summed E-state index contributed by atoms with van der Waals surface area (Å²) in [6, 6.07) is 8.70. The van der Waals surface area contributed by atoms with Crippen molar-refractivity contribution in [3.63, 3.8) is 0 Å². The fourth-order valence-corrected chi connectivity index (χ4v) is 3.52. The lowest BCUT2D eigenvalue weighted by atomic mass is 10.2. The second-order valence-electron chi connectivity index (χ2n) is 7.30. The molecule has 1 aromatic rings. The van der Waals surface area contributed by atoms with Crippen LogP contribution in [0.3, 0.4) is 0 Å². The van der Waals surface area contributed by atoms with Crippen molar-refractivity contribution in [2.24, 2.45) is 0 Å². The molecule has 0 aromatic heterocycles. The van der Waals surface area contributed by atoms with Gasteiger partial charge < -0.3 is 25.0 Å². The minimum Gasteiger partial charge on any atom is -0.445 e. The summed E-state index contributed by atoms with van der Waals surface area (Å²) in [5.41, 5.74) is 0.864. The molecule has 2 aliphatic rings.